The Kier molecular flexibility index (Phi) is 2.44. The van der Waals surface area contributed by atoms with E-state index >= 15 is 0 Å². The van der Waals surface area contributed by atoms with Crippen LogP contribution in [-0.2, 0) is 6.42 Å². The summed E-state index contributed by atoms with van der Waals surface area (Å²) in [6.45, 7) is 2.81. The minimum absolute atomic E-state index is 0.0702. The van der Waals surface area contributed by atoms with Crippen molar-refractivity contribution in [1.29, 1.82) is 0 Å². The van der Waals surface area contributed by atoms with Crippen molar-refractivity contribution >= 4 is 0 Å². The van der Waals surface area contributed by atoms with E-state index in [2.05, 4.69) is 5.32 Å². The van der Waals surface area contributed by atoms with E-state index in [1.165, 1.54) is 0 Å². The van der Waals surface area contributed by atoms with Crippen molar-refractivity contribution in [1.82, 2.24) is 5.32 Å². The maximum absolute atomic E-state index is 9.96. The van der Waals surface area contributed by atoms with E-state index in [0.717, 1.165) is 24.1 Å². The highest BCUT2D eigenvalue weighted by Gasteiger charge is 2.22. The summed E-state index contributed by atoms with van der Waals surface area (Å²) < 4.78 is 0. The summed E-state index contributed by atoms with van der Waals surface area (Å²) in [4.78, 5) is 0. The number of aliphatic hydroxyl groups is 1. The molecule has 0 aliphatic carbocycles. The van der Waals surface area contributed by atoms with Crippen LogP contribution in [0.15, 0.2) is 18.2 Å². The highest BCUT2D eigenvalue weighted by Crippen LogP contribution is 2.26. The highest BCUT2D eigenvalue weighted by molar-refractivity contribution is 5.37. The van der Waals surface area contributed by atoms with Crippen molar-refractivity contribution in [2.24, 2.45) is 0 Å². The molecule has 0 spiro atoms. The Morgan fingerprint density at radius 1 is 1.43 bits per heavy atom. The van der Waals surface area contributed by atoms with Gasteiger partial charge in [-0.2, -0.15) is 0 Å². The fourth-order valence-electron chi connectivity index (χ4n) is 1.91. The van der Waals surface area contributed by atoms with Gasteiger partial charge in [-0.3, -0.25) is 0 Å². The summed E-state index contributed by atoms with van der Waals surface area (Å²) in [7, 11) is 0. The number of hydrogen-bond donors (Lipinski definition) is 3. The molecule has 1 heterocycles. The van der Waals surface area contributed by atoms with Gasteiger partial charge < -0.3 is 15.5 Å². The van der Waals surface area contributed by atoms with Gasteiger partial charge in [0.05, 0.1) is 6.10 Å². The first-order valence-electron chi connectivity index (χ1n) is 4.91. The summed E-state index contributed by atoms with van der Waals surface area (Å²) >= 11 is 0. The first kappa shape index (κ1) is 9.49. The second kappa shape index (κ2) is 3.59. The second-order valence-corrected chi connectivity index (χ2v) is 3.82. The molecule has 0 fully saturated rings. The molecule has 0 unspecified atom stereocenters. The van der Waals surface area contributed by atoms with Gasteiger partial charge in [0.25, 0.3) is 0 Å². The van der Waals surface area contributed by atoms with E-state index in [4.69, 9.17) is 0 Å². The third kappa shape index (κ3) is 1.61. The van der Waals surface area contributed by atoms with Crippen LogP contribution in [-0.4, -0.2) is 22.8 Å². The molecule has 0 amide bonds. The van der Waals surface area contributed by atoms with Gasteiger partial charge in [-0.1, -0.05) is 6.07 Å². The van der Waals surface area contributed by atoms with Crippen LogP contribution >= 0.6 is 0 Å². The summed E-state index contributed by atoms with van der Waals surface area (Å²) in [6, 6.07) is 5.23. The van der Waals surface area contributed by atoms with Crippen LogP contribution in [0, 0.1) is 0 Å². The zero-order chi connectivity index (χ0) is 10.1. The van der Waals surface area contributed by atoms with Gasteiger partial charge in [0, 0.05) is 6.04 Å². The molecule has 14 heavy (non-hydrogen) atoms. The fraction of sp³-hybridized carbons (Fsp3) is 0.455. The van der Waals surface area contributed by atoms with Gasteiger partial charge in [0.15, 0.2) is 0 Å². The third-order valence-electron chi connectivity index (χ3n) is 2.78. The molecule has 3 heteroatoms. The number of phenols is 1. The first-order chi connectivity index (χ1) is 6.68. The molecule has 3 nitrogen and oxygen atoms in total. The molecule has 3 N–H and O–H groups in total. The molecule has 1 aliphatic rings. The lowest BCUT2D eigenvalue weighted by molar-refractivity contribution is 0.140. The number of hydrogen-bond acceptors (Lipinski definition) is 3. The summed E-state index contributed by atoms with van der Waals surface area (Å²) in [5, 5.41) is 22.5. The van der Waals surface area contributed by atoms with Crippen molar-refractivity contribution in [2.75, 3.05) is 6.54 Å². The molecule has 2 atom stereocenters. The summed E-state index contributed by atoms with van der Waals surface area (Å²) in [5.74, 6) is 0.269. The zero-order valence-electron chi connectivity index (χ0n) is 8.20. The van der Waals surface area contributed by atoms with Gasteiger partial charge in [0.1, 0.15) is 5.75 Å². The molecule has 0 aromatic heterocycles. The molecule has 76 valence electrons. The van der Waals surface area contributed by atoms with Crippen molar-refractivity contribution in [3.05, 3.63) is 29.3 Å². The molecule has 1 aromatic rings. The number of phenolic OH excluding ortho intramolecular Hbond substituents is 1. The van der Waals surface area contributed by atoms with Crippen LogP contribution in [0.2, 0.25) is 0 Å². The molecule has 0 bridgehead atoms. The first-order valence-corrected chi connectivity index (χ1v) is 4.91. The topological polar surface area (TPSA) is 52.5 Å². The van der Waals surface area contributed by atoms with Crippen LogP contribution < -0.4 is 5.32 Å². The van der Waals surface area contributed by atoms with Crippen LogP contribution in [0.5, 0.6) is 5.75 Å². The normalized spacial score (nSPS) is 26.7. The Morgan fingerprint density at radius 2 is 2.21 bits per heavy atom. The minimum Gasteiger partial charge on any atom is -0.508 e. The Balaban J connectivity index is 2.43. The van der Waals surface area contributed by atoms with Gasteiger partial charge in [0.2, 0.25) is 0 Å². The lowest BCUT2D eigenvalue weighted by atomic mass is 9.98. The maximum Gasteiger partial charge on any atom is 0.115 e. The van der Waals surface area contributed by atoms with Gasteiger partial charge in [-0.05, 0) is 43.1 Å². The molecule has 1 aliphatic heterocycles. The molecule has 0 saturated carbocycles. The predicted molar refractivity (Wildman–Crippen MR) is 54.2 cm³/mol. The number of nitrogens with one attached hydrogen (secondary N) is 1. The molecular formula is C11H15NO2. The second-order valence-electron chi connectivity index (χ2n) is 3.82. The standard InChI is InChI=1S/C11H15NO2/c1-7-11(14)10-3-2-9(13)6-8(10)4-5-12-7/h2-3,6-7,11-14H,4-5H2,1H3/t7-,11+/m0/s1. The third-order valence-corrected chi connectivity index (χ3v) is 2.78. The lowest BCUT2D eigenvalue weighted by Crippen LogP contribution is -2.30. The predicted octanol–water partition coefficient (Wildman–Crippen LogP) is 0.960. The average molecular weight is 193 g/mol. The Labute approximate surface area is 83.4 Å². The quantitative estimate of drug-likeness (QED) is 0.575. The lowest BCUT2D eigenvalue weighted by Gasteiger charge is -2.18. The van der Waals surface area contributed by atoms with E-state index < -0.39 is 6.10 Å². The largest absolute Gasteiger partial charge is 0.508 e. The van der Waals surface area contributed by atoms with Crippen molar-refractivity contribution in [3.63, 3.8) is 0 Å². The van der Waals surface area contributed by atoms with Gasteiger partial charge in [-0.15, -0.1) is 0 Å². The molecule has 0 saturated heterocycles. The van der Waals surface area contributed by atoms with Crippen molar-refractivity contribution in [2.45, 2.75) is 25.5 Å². The van der Waals surface area contributed by atoms with Crippen molar-refractivity contribution < 1.29 is 10.2 Å². The zero-order valence-corrected chi connectivity index (χ0v) is 8.20. The monoisotopic (exact) mass is 193 g/mol. The van der Waals surface area contributed by atoms with Gasteiger partial charge in [-0.25, -0.2) is 0 Å². The number of aromatic hydroxyl groups is 1. The average Bonchev–Trinajstić information content (AvgIpc) is 2.28. The molecule has 0 radical (unpaired) electrons. The van der Waals surface area contributed by atoms with E-state index in [1.54, 1.807) is 18.2 Å². The van der Waals surface area contributed by atoms with E-state index in [1.807, 2.05) is 6.92 Å². The van der Waals surface area contributed by atoms with Gasteiger partial charge >= 0.3 is 0 Å². The Hall–Kier alpha value is -1.06. The molecular weight excluding hydrogens is 178 g/mol. The van der Waals surface area contributed by atoms with Crippen LogP contribution in [0.4, 0.5) is 0 Å². The van der Waals surface area contributed by atoms with E-state index in [0.29, 0.717) is 0 Å². The molecule has 2 rings (SSSR count). The number of aliphatic hydroxyl groups excluding tert-OH is 1. The fourth-order valence-corrected chi connectivity index (χ4v) is 1.91. The Bertz CT molecular complexity index is 338. The minimum atomic E-state index is -0.479. The smallest absolute Gasteiger partial charge is 0.115 e. The highest BCUT2D eigenvalue weighted by atomic mass is 16.3. The van der Waals surface area contributed by atoms with Crippen LogP contribution in [0.1, 0.15) is 24.2 Å². The van der Waals surface area contributed by atoms with Crippen LogP contribution in [0.3, 0.4) is 0 Å². The maximum atomic E-state index is 9.96. The Morgan fingerprint density at radius 3 is 3.00 bits per heavy atom. The van der Waals surface area contributed by atoms with Crippen molar-refractivity contribution in [3.8, 4) is 5.75 Å². The molecule has 1 aromatic carbocycles. The SMILES string of the molecule is C[C@@H]1NCCc2cc(O)ccc2[C@@H]1O. The van der Waals surface area contributed by atoms with E-state index in [-0.39, 0.29) is 11.8 Å². The summed E-state index contributed by atoms with van der Waals surface area (Å²) in [6.07, 6.45) is 0.374. The number of rotatable bonds is 0. The summed E-state index contributed by atoms with van der Waals surface area (Å²) in [5.41, 5.74) is 1.97. The van der Waals surface area contributed by atoms with E-state index in [9.17, 15) is 10.2 Å². The number of benzene rings is 1. The van der Waals surface area contributed by atoms with Crippen LogP contribution in [0.25, 0.3) is 0 Å². The number of fused-ring (bicyclic) bond motifs is 1.